The van der Waals surface area contributed by atoms with Gasteiger partial charge in [-0.25, -0.2) is 4.98 Å². The van der Waals surface area contributed by atoms with Crippen molar-refractivity contribution in [1.82, 2.24) is 4.98 Å². The van der Waals surface area contributed by atoms with Crippen molar-refractivity contribution in [3.8, 4) is 17.2 Å². The van der Waals surface area contributed by atoms with Gasteiger partial charge in [0.15, 0.2) is 17.2 Å². The summed E-state index contributed by atoms with van der Waals surface area (Å²) in [6, 6.07) is 7.73. The average Bonchev–Trinajstić information content (AvgIpc) is 2.81. The van der Waals surface area contributed by atoms with Gasteiger partial charge in [-0.05, 0) is 30.3 Å². The van der Waals surface area contributed by atoms with Crippen molar-refractivity contribution in [3.63, 3.8) is 0 Å². The van der Waals surface area contributed by atoms with Gasteiger partial charge in [0.05, 0.1) is 0 Å². The van der Waals surface area contributed by atoms with E-state index >= 15 is 0 Å². The van der Waals surface area contributed by atoms with Gasteiger partial charge in [0.25, 0.3) is 6.29 Å². The number of pyridine rings is 1. The number of benzene rings is 1. The number of hydrogen-bond donors (Lipinski definition) is 2. The minimum atomic E-state index is -0.834. The van der Waals surface area contributed by atoms with E-state index in [0.717, 1.165) is 0 Å². The molecule has 0 bridgehead atoms. The molecule has 96 valence electrons. The zero-order valence-electron chi connectivity index (χ0n) is 9.74. The lowest BCUT2D eigenvalue weighted by molar-refractivity contribution is 0.0423. The van der Waals surface area contributed by atoms with Crippen LogP contribution in [0.25, 0.3) is 0 Å². The molecule has 2 heterocycles. The van der Waals surface area contributed by atoms with Gasteiger partial charge in [-0.15, -0.1) is 0 Å². The van der Waals surface area contributed by atoms with E-state index in [0.29, 0.717) is 17.1 Å². The van der Waals surface area contributed by atoms with Crippen LogP contribution in [-0.2, 0) is 0 Å². The molecule has 1 unspecified atom stereocenters. The van der Waals surface area contributed by atoms with Crippen molar-refractivity contribution in [2.24, 2.45) is 5.73 Å². The van der Waals surface area contributed by atoms with E-state index in [1.54, 1.807) is 18.2 Å². The highest BCUT2D eigenvalue weighted by atomic mass is 16.7. The summed E-state index contributed by atoms with van der Waals surface area (Å²) >= 11 is 0. The minimum Gasteiger partial charge on any atom is -0.506 e. The van der Waals surface area contributed by atoms with Crippen LogP contribution in [0.5, 0.6) is 17.2 Å². The van der Waals surface area contributed by atoms with E-state index in [1.807, 2.05) is 0 Å². The Bertz CT molecular complexity index is 657. The Morgan fingerprint density at radius 1 is 1.26 bits per heavy atom. The van der Waals surface area contributed by atoms with Crippen LogP contribution < -0.4 is 15.2 Å². The zero-order valence-corrected chi connectivity index (χ0v) is 9.74. The van der Waals surface area contributed by atoms with E-state index in [2.05, 4.69) is 4.98 Å². The lowest BCUT2D eigenvalue weighted by Crippen LogP contribution is -2.10. The third-order valence-corrected chi connectivity index (χ3v) is 2.74. The normalized spacial score (nSPS) is 16.3. The Morgan fingerprint density at radius 2 is 2.05 bits per heavy atom. The van der Waals surface area contributed by atoms with Crippen LogP contribution in [0.1, 0.15) is 22.3 Å². The smallest absolute Gasteiger partial charge is 0.288 e. The van der Waals surface area contributed by atoms with Gasteiger partial charge >= 0.3 is 0 Å². The molecule has 0 saturated heterocycles. The number of ether oxygens (including phenoxy) is 2. The van der Waals surface area contributed by atoms with E-state index in [9.17, 15) is 9.90 Å². The van der Waals surface area contributed by atoms with E-state index in [4.69, 9.17) is 15.2 Å². The van der Waals surface area contributed by atoms with E-state index in [1.165, 1.54) is 18.3 Å². The number of primary amides is 1. The van der Waals surface area contributed by atoms with Gasteiger partial charge in [-0.2, -0.15) is 0 Å². The highest BCUT2D eigenvalue weighted by molar-refractivity contribution is 5.93. The summed E-state index contributed by atoms with van der Waals surface area (Å²) < 4.78 is 11.0. The number of amides is 1. The standard InChI is InChI=1S/C13H10N2O4/c14-12(17)7-3-4-9-10(6-7)19-13(18-9)11-8(16)2-1-5-15-11/h1-6,13,16H,(H2,14,17). The maximum atomic E-state index is 11.1. The topological polar surface area (TPSA) is 94.7 Å². The third kappa shape index (κ3) is 1.93. The molecule has 3 N–H and O–H groups in total. The maximum absolute atomic E-state index is 11.1. The molecule has 0 radical (unpaired) electrons. The first-order chi connectivity index (χ1) is 9.15. The number of aromatic hydroxyl groups is 1. The van der Waals surface area contributed by atoms with Gasteiger partial charge in [-0.3, -0.25) is 4.79 Å². The summed E-state index contributed by atoms with van der Waals surface area (Å²) in [7, 11) is 0. The van der Waals surface area contributed by atoms with Crippen LogP contribution in [-0.4, -0.2) is 16.0 Å². The molecule has 1 aliphatic rings. The molecule has 0 spiro atoms. The minimum absolute atomic E-state index is 0.0181. The zero-order chi connectivity index (χ0) is 13.4. The first-order valence-corrected chi connectivity index (χ1v) is 5.56. The molecule has 3 rings (SSSR count). The number of carbonyl (C=O) groups excluding carboxylic acids is 1. The van der Waals surface area contributed by atoms with Crippen LogP contribution in [0.3, 0.4) is 0 Å². The van der Waals surface area contributed by atoms with Gasteiger partial charge in [0.1, 0.15) is 5.75 Å². The van der Waals surface area contributed by atoms with Crippen LogP contribution in [0.4, 0.5) is 0 Å². The Kier molecular flexibility index (Phi) is 2.49. The largest absolute Gasteiger partial charge is 0.506 e. The average molecular weight is 258 g/mol. The fourth-order valence-electron chi connectivity index (χ4n) is 1.81. The molecule has 1 atom stereocenters. The van der Waals surface area contributed by atoms with Crippen LogP contribution in [0.2, 0.25) is 0 Å². The summed E-state index contributed by atoms with van der Waals surface area (Å²) in [4.78, 5) is 15.1. The third-order valence-electron chi connectivity index (χ3n) is 2.74. The Hall–Kier alpha value is -2.76. The molecule has 19 heavy (non-hydrogen) atoms. The SMILES string of the molecule is NC(=O)c1ccc2c(c1)OC(c1ncccc1O)O2. The first-order valence-electron chi connectivity index (χ1n) is 5.56. The van der Waals surface area contributed by atoms with Crippen molar-refractivity contribution in [2.75, 3.05) is 0 Å². The molecule has 1 aromatic heterocycles. The number of carbonyl (C=O) groups is 1. The van der Waals surface area contributed by atoms with Gasteiger partial charge in [0, 0.05) is 11.8 Å². The van der Waals surface area contributed by atoms with Crippen molar-refractivity contribution in [3.05, 3.63) is 47.8 Å². The number of nitrogens with two attached hydrogens (primary N) is 1. The fourth-order valence-corrected chi connectivity index (χ4v) is 1.81. The second-order valence-corrected chi connectivity index (χ2v) is 4.00. The number of nitrogens with zero attached hydrogens (tertiary/aromatic N) is 1. The molecule has 6 nitrogen and oxygen atoms in total. The summed E-state index contributed by atoms with van der Waals surface area (Å²) in [5, 5.41) is 9.70. The highest BCUT2D eigenvalue weighted by Gasteiger charge is 2.29. The van der Waals surface area contributed by atoms with Crippen LogP contribution >= 0.6 is 0 Å². The molecule has 0 saturated carbocycles. The quantitative estimate of drug-likeness (QED) is 0.848. The summed E-state index contributed by atoms with van der Waals surface area (Å²) in [5.41, 5.74) is 5.79. The molecule has 0 aliphatic carbocycles. The Balaban J connectivity index is 1.92. The highest BCUT2D eigenvalue weighted by Crippen LogP contribution is 2.41. The second-order valence-electron chi connectivity index (χ2n) is 4.00. The van der Waals surface area contributed by atoms with Gasteiger partial charge < -0.3 is 20.3 Å². The molecule has 1 aromatic carbocycles. The number of rotatable bonds is 2. The lowest BCUT2D eigenvalue weighted by atomic mass is 10.2. The lowest BCUT2D eigenvalue weighted by Gasteiger charge is -2.10. The Morgan fingerprint density at radius 3 is 2.79 bits per heavy atom. The van der Waals surface area contributed by atoms with E-state index < -0.39 is 12.2 Å². The predicted octanol–water partition coefficient (Wildman–Crippen LogP) is 1.36. The van der Waals surface area contributed by atoms with Crippen molar-refractivity contribution >= 4 is 5.91 Å². The molecule has 6 heteroatoms. The van der Waals surface area contributed by atoms with Gasteiger partial charge in [0.2, 0.25) is 5.91 Å². The number of hydrogen-bond acceptors (Lipinski definition) is 5. The number of aromatic nitrogens is 1. The first kappa shape index (κ1) is 11.3. The maximum Gasteiger partial charge on any atom is 0.288 e. The summed E-state index contributed by atoms with van der Waals surface area (Å²) in [6.45, 7) is 0. The van der Waals surface area contributed by atoms with Crippen molar-refractivity contribution in [1.29, 1.82) is 0 Å². The molecule has 0 fully saturated rings. The predicted molar refractivity (Wildman–Crippen MR) is 64.9 cm³/mol. The molecule has 2 aromatic rings. The summed E-state index contributed by atoms with van der Waals surface area (Å²) in [5.74, 6) is 0.303. The van der Waals surface area contributed by atoms with Crippen molar-refractivity contribution in [2.45, 2.75) is 6.29 Å². The van der Waals surface area contributed by atoms with Gasteiger partial charge in [-0.1, -0.05) is 0 Å². The Labute approximate surface area is 108 Å². The fraction of sp³-hybridized carbons (Fsp3) is 0.0769. The van der Waals surface area contributed by atoms with E-state index in [-0.39, 0.29) is 11.4 Å². The van der Waals surface area contributed by atoms with Crippen molar-refractivity contribution < 1.29 is 19.4 Å². The van der Waals surface area contributed by atoms with Crippen LogP contribution in [0.15, 0.2) is 36.5 Å². The number of fused-ring (bicyclic) bond motifs is 1. The second kappa shape index (κ2) is 4.16. The monoisotopic (exact) mass is 258 g/mol. The molecular formula is C13H10N2O4. The van der Waals surface area contributed by atoms with Crippen LogP contribution in [0, 0.1) is 0 Å². The molecular weight excluding hydrogens is 248 g/mol. The summed E-state index contributed by atoms with van der Waals surface area (Å²) in [6.07, 6.45) is 0.693. The molecule has 1 aliphatic heterocycles. The molecule has 1 amide bonds.